The van der Waals surface area contributed by atoms with Crippen LogP contribution in [0, 0.1) is 19.3 Å². The number of hydrogen-bond donors (Lipinski definition) is 2. The van der Waals surface area contributed by atoms with Crippen molar-refractivity contribution in [1.29, 1.82) is 0 Å². The van der Waals surface area contributed by atoms with Crippen LogP contribution < -0.4 is 5.32 Å². The zero-order chi connectivity index (χ0) is 19.9. The van der Waals surface area contributed by atoms with Crippen molar-refractivity contribution < 1.29 is 9.90 Å². The van der Waals surface area contributed by atoms with E-state index in [1.165, 1.54) is 0 Å². The standard InChI is InChI=1S/C21H25N5O2/c1-14-17(20(25(3)24-14)26-12-11-22-15(26)2)19(28)23-13-21(9-10-21)18(27)16-7-5-4-6-8-16/h4-8,11-12,18,27H,9-10,13H2,1-3H3,(H,23,28). The van der Waals surface area contributed by atoms with Crippen molar-refractivity contribution in [2.75, 3.05) is 6.54 Å². The van der Waals surface area contributed by atoms with Gasteiger partial charge >= 0.3 is 0 Å². The number of aryl methyl sites for hydroxylation is 3. The molecule has 0 spiro atoms. The average molecular weight is 379 g/mol. The number of aromatic nitrogens is 4. The highest BCUT2D eigenvalue weighted by molar-refractivity contribution is 5.98. The molecule has 7 nitrogen and oxygen atoms in total. The molecule has 28 heavy (non-hydrogen) atoms. The quantitative estimate of drug-likeness (QED) is 0.689. The van der Waals surface area contributed by atoms with Crippen LogP contribution in [0.4, 0.5) is 0 Å². The highest BCUT2D eigenvalue weighted by Gasteiger charge is 2.49. The second kappa shape index (κ2) is 6.91. The molecular formula is C21H25N5O2. The first-order valence-corrected chi connectivity index (χ1v) is 9.48. The maximum atomic E-state index is 13.1. The van der Waals surface area contributed by atoms with Crippen LogP contribution in [0.5, 0.6) is 0 Å². The Morgan fingerprint density at radius 2 is 2.00 bits per heavy atom. The molecule has 2 N–H and O–H groups in total. The molecule has 4 rings (SSSR count). The molecule has 1 atom stereocenters. The molecule has 1 aliphatic rings. The summed E-state index contributed by atoms with van der Waals surface area (Å²) < 4.78 is 3.56. The molecule has 1 saturated carbocycles. The lowest BCUT2D eigenvalue weighted by molar-refractivity contribution is 0.0807. The molecule has 1 amide bonds. The van der Waals surface area contributed by atoms with E-state index in [1.54, 1.807) is 10.9 Å². The van der Waals surface area contributed by atoms with Gasteiger partial charge in [0.15, 0.2) is 0 Å². The van der Waals surface area contributed by atoms with Crippen LogP contribution in [0.25, 0.3) is 5.82 Å². The lowest BCUT2D eigenvalue weighted by Gasteiger charge is -2.23. The fourth-order valence-electron chi connectivity index (χ4n) is 3.83. The predicted molar refractivity (Wildman–Crippen MR) is 105 cm³/mol. The second-order valence-corrected chi connectivity index (χ2v) is 7.61. The van der Waals surface area contributed by atoms with Crippen LogP contribution >= 0.6 is 0 Å². The van der Waals surface area contributed by atoms with Crippen LogP contribution in [-0.2, 0) is 7.05 Å². The van der Waals surface area contributed by atoms with Gasteiger partial charge in [0.25, 0.3) is 5.91 Å². The molecule has 2 heterocycles. The third-order valence-electron chi connectivity index (χ3n) is 5.66. The number of rotatable bonds is 6. The first-order valence-electron chi connectivity index (χ1n) is 9.48. The molecule has 1 fully saturated rings. The van der Waals surface area contributed by atoms with Gasteiger partial charge in [0.1, 0.15) is 17.2 Å². The number of nitrogens with one attached hydrogen (secondary N) is 1. The first kappa shape index (κ1) is 18.4. The summed E-state index contributed by atoms with van der Waals surface area (Å²) in [5.41, 5.74) is 1.80. The van der Waals surface area contributed by atoms with Gasteiger partial charge < -0.3 is 10.4 Å². The molecule has 146 valence electrons. The highest BCUT2D eigenvalue weighted by atomic mass is 16.3. The summed E-state index contributed by atoms with van der Waals surface area (Å²) in [7, 11) is 1.82. The minimum absolute atomic E-state index is 0.180. The molecule has 1 aromatic carbocycles. The van der Waals surface area contributed by atoms with Crippen molar-refractivity contribution in [3.8, 4) is 5.82 Å². The smallest absolute Gasteiger partial charge is 0.257 e. The lowest BCUT2D eigenvalue weighted by atomic mass is 9.92. The molecule has 0 aliphatic heterocycles. The maximum absolute atomic E-state index is 13.1. The van der Waals surface area contributed by atoms with E-state index < -0.39 is 6.10 Å². The van der Waals surface area contributed by atoms with Crippen molar-refractivity contribution in [2.24, 2.45) is 12.5 Å². The number of carbonyl (C=O) groups excluding carboxylic acids is 1. The van der Waals surface area contributed by atoms with Gasteiger partial charge in [-0.3, -0.25) is 14.0 Å². The van der Waals surface area contributed by atoms with E-state index >= 15 is 0 Å². The predicted octanol–water partition coefficient (Wildman–Crippen LogP) is 2.47. The summed E-state index contributed by atoms with van der Waals surface area (Å²) >= 11 is 0. The van der Waals surface area contributed by atoms with Crippen molar-refractivity contribution >= 4 is 5.91 Å². The third-order valence-corrected chi connectivity index (χ3v) is 5.66. The number of aliphatic hydroxyl groups is 1. The SMILES string of the molecule is Cc1nn(C)c(-n2ccnc2C)c1C(=O)NCC1(C(O)c2ccccc2)CC1. The normalized spacial score (nSPS) is 16.0. The van der Waals surface area contributed by atoms with Gasteiger partial charge in [-0.15, -0.1) is 0 Å². The lowest BCUT2D eigenvalue weighted by Crippen LogP contribution is -2.34. The molecule has 7 heteroatoms. The zero-order valence-corrected chi connectivity index (χ0v) is 16.4. The van der Waals surface area contributed by atoms with Crippen LogP contribution in [-0.4, -0.2) is 36.9 Å². The molecule has 0 radical (unpaired) electrons. The number of hydrogen-bond acceptors (Lipinski definition) is 4. The molecule has 1 aliphatic carbocycles. The fourth-order valence-corrected chi connectivity index (χ4v) is 3.83. The Kier molecular flexibility index (Phi) is 4.55. The minimum Gasteiger partial charge on any atom is -0.388 e. The molecule has 2 aromatic heterocycles. The third kappa shape index (κ3) is 3.11. The zero-order valence-electron chi connectivity index (χ0n) is 16.4. The van der Waals surface area contributed by atoms with Gasteiger partial charge in [-0.1, -0.05) is 30.3 Å². The average Bonchev–Trinajstić information content (AvgIpc) is 3.28. The maximum Gasteiger partial charge on any atom is 0.257 e. The van der Waals surface area contributed by atoms with Crippen molar-refractivity contribution in [3.05, 3.63) is 65.4 Å². The Morgan fingerprint density at radius 1 is 1.29 bits per heavy atom. The van der Waals surface area contributed by atoms with Gasteiger partial charge in [-0.25, -0.2) is 4.98 Å². The number of benzene rings is 1. The largest absolute Gasteiger partial charge is 0.388 e. The van der Waals surface area contributed by atoms with Crippen LogP contribution in [0.3, 0.4) is 0 Å². The summed E-state index contributed by atoms with van der Waals surface area (Å²) in [6.07, 6.45) is 4.73. The van der Waals surface area contributed by atoms with Crippen molar-refractivity contribution in [2.45, 2.75) is 32.8 Å². The molecule has 1 unspecified atom stereocenters. The van der Waals surface area contributed by atoms with Crippen molar-refractivity contribution in [1.82, 2.24) is 24.6 Å². The van der Waals surface area contributed by atoms with E-state index in [0.29, 0.717) is 23.6 Å². The summed E-state index contributed by atoms with van der Waals surface area (Å²) in [6.45, 7) is 4.15. The topological polar surface area (TPSA) is 85.0 Å². The Bertz CT molecular complexity index is 1000. The van der Waals surface area contributed by atoms with E-state index in [1.807, 2.05) is 62.0 Å². The summed E-state index contributed by atoms with van der Waals surface area (Å²) in [5, 5.41) is 18.3. The Hall–Kier alpha value is -2.93. The van der Waals surface area contributed by atoms with E-state index in [4.69, 9.17) is 0 Å². The Balaban J connectivity index is 1.55. The van der Waals surface area contributed by atoms with E-state index in [-0.39, 0.29) is 11.3 Å². The van der Waals surface area contributed by atoms with Gasteiger partial charge in [0.05, 0.1) is 11.8 Å². The van der Waals surface area contributed by atoms with Crippen LogP contribution in [0.15, 0.2) is 42.7 Å². The fraction of sp³-hybridized carbons (Fsp3) is 0.381. The Labute approximate surface area is 164 Å². The number of nitrogens with zero attached hydrogens (tertiary/aromatic N) is 4. The molecule has 0 bridgehead atoms. The molecular weight excluding hydrogens is 354 g/mol. The van der Waals surface area contributed by atoms with Gasteiger partial charge in [0, 0.05) is 31.4 Å². The Morgan fingerprint density at radius 3 is 2.61 bits per heavy atom. The molecule has 3 aromatic rings. The summed E-state index contributed by atoms with van der Waals surface area (Å²) in [5.74, 6) is 1.30. The van der Waals surface area contributed by atoms with Gasteiger partial charge in [-0.2, -0.15) is 5.10 Å². The second-order valence-electron chi connectivity index (χ2n) is 7.61. The van der Waals surface area contributed by atoms with Gasteiger partial charge in [-0.05, 0) is 32.3 Å². The number of amides is 1. The summed E-state index contributed by atoms with van der Waals surface area (Å²) in [4.78, 5) is 17.3. The number of carbonyl (C=O) groups is 1. The van der Waals surface area contributed by atoms with E-state index in [2.05, 4.69) is 15.4 Å². The van der Waals surface area contributed by atoms with E-state index in [0.717, 1.165) is 24.2 Å². The monoisotopic (exact) mass is 379 g/mol. The molecule has 0 saturated heterocycles. The van der Waals surface area contributed by atoms with Crippen molar-refractivity contribution in [3.63, 3.8) is 0 Å². The van der Waals surface area contributed by atoms with Crippen LogP contribution in [0.2, 0.25) is 0 Å². The highest BCUT2D eigenvalue weighted by Crippen LogP contribution is 2.54. The first-order chi connectivity index (χ1) is 13.4. The minimum atomic E-state index is -0.584. The van der Waals surface area contributed by atoms with E-state index in [9.17, 15) is 9.90 Å². The summed E-state index contributed by atoms with van der Waals surface area (Å²) in [6, 6.07) is 9.63. The van der Waals surface area contributed by atoms with Crippen LogP contribution in [0.1, 0.15) is 46.4 Å². The number of imidazole rings is 1. The number of aliphatic hydroxyl groups excluding tert-OH is 1. The van der Waals surface area contributed by atoms with Gasteiger partial charge in [0.2, 0.25) is 0 Å².